The maximum Gasteiger partial charge on any atom is 0.0797 e. The van der Waals surface area contributed by atoms with E-state index in [0.29, 0.717) is 0 Å². The van der Waals surface area contributed by atoms with Gasteiger partial charge in [-0.2, -0.15) is 0 Å². The summed E-state index contributed by atoms with van der Waals surface area (Å²) in [4.78, 5) is 0. The average molecular weight is 188 g/mol. The summed E-state index contributed by atoms with van der Waals surface area (Å²) in [6, 6.07) is 0. The average Bonchev–Trinajstić information content (AvgIpc) is 2.05. The van der Waals surface area contributed by atoms with E-state index in [1.807, 2.05) is 6.92 Å². The lowest BCUT2D eigenvalue weighted by Crippen LogP contribution is -2.55. The molecule has 72 valence electrons. The first-order valence-corrected chi connectivity index (χ1v) is 7.80. The molecule has 1 fully saturated rings. The molecule has 1 saturated heterocycles. The van der Waals surface area contributed by atoms with E-state index in [0.717, 1.165) is 19.4 Å². The summed E-state index contributed by atoms with van der Waals surface area (Å²) in [6.07, 6.45) is 3.16. The molecular weight excluding hydrogens is 168 g/mol. The molecule has 1 rings (SSSR count). The fourth-order valence-electron chi connectivity index (χ4n) is 2.10. The summed E-state index contributed by atoms with van der Waals surface area (Å²) in [5, 5.41) is 9.58. The number of aliphatic hydroxyl groups is 1. The summed E-state index contributed by atoms with van der Waals surface area (Å²) < 4.78 is 5.80. The fraction of sp³-hybridized carbons (Fsp3) is 1.00. The van der Waals surface area contributed by atoms with Crippen LogP contribution in [0, 0.1) is 0 Å². The Bertz CT molecular complexity index is 129. The van der Waals surface area contributed by atoms with Crippen LogP contribution in [0.1, 0.15) is 26.2 Å². The van der Waals surface area contributed by atoms with Gasteiger partial charge < -0.3 is 9.84 Å². The van der Waals surface area contributed by atoms with Gasteiger partial charge in [-0.25, -0.2) is 0 Å². The van der Waals surface area contributed by atoms with Crippen LogP contribution in [0.2, 0.25) is 13.1 Å². The summed E-state index contributed by atoms with van der Waals surface area (Å²) >= 11 is 0. The van der Waals surface area contributed by atoms with Crippen LogP contribution in [-0.4, -0.2) is 31.8 Å². The van der Waals surface area contributed by atoms with Crippen molar-refractivity contribution in [2.24, 2.45) is 0 Å². The lowest BCUT2D eigenvalue weighted by molar-refractivity contribution is -0.0907. The van der Waals surface area contributed by atoms with Gasteiger partial charge in [0.15, 0.2) is 0 Å². The van der Waals surface area contributed by atoms with Gasteiger partial charge in [0.2, 0.25) is 0 Å². The highest BCUT2D eigenvalue weighted by molar-refractivity contribution is 6.59. The van der Waals surface area contributed by atoms with Crippen LogP contribution >= 0.6 is 0 Å². The molecule has 12 heavy (non-hydrogen) atoms. The third-order valence-electron chi connectivity index (χ3n) is 3.02. The largest absolute Gasteiger partial charge is 0.391 e. The van der Waals surface area contributed by atoms with Crippen molar-refractivity contribution in [3.63, 3.8) is 0 Å². The van der Waals surface area contributed by atoms with Crippen molar-refractivity contribution in [3.05, 3.63) is 0 Å². The Labute approximate surface area is 76.5 Å². The Hall–Kier alpha value is 0.137. The lowest BCUT2D eigenvalue weighted by atomic mass is 10.0. The van der Waals surface area contributed by atoms with Crippen molar-refractivity contribution >= 4 is 8.80 Å². The van der Waals surface area contributed by atoms with E-state index in [-0.39, 0.29) is 11.3 Å². The van der Waals surface area contributed by atoms with Crippen LogP contribution in [0.4, 0.5) is 0 Å². The summed E-state index contributed by atoms with van der Waals surface area (Å²) in [5.41, 5.74) is 0. The number of hydrogen-bond donors (Lipinski definition) is 1. The Morgan fingerprint density at radius 1 is 1.42 bits per heavy atom. The molecule has 2 atom stereocenters. The molecule has 0 bridgehead atoms. The molecule has 1 aliphatic rings. The van der Waals surface area contributed by atoms with Crippen molar-refractivity contribution < 1.29 is 9.84 Å². The van der Waals surface area contributed by atoms with Crippen LogP contribution in [0.15, 0.2) is 0 Å². The molecule has 0 aliphatic carbocycles. The minimum absolute atomic E-state index is 0.127. The second-order valence-electron chi connectivity index (χ2n) is 4.09. The molecule has 0 radical (unpaired) electrons. The van der Waals surface area contributed by atoms with Crippen LogP contribution in [0.25, 0.3) is 0 Å². The van der Waals surface area contributed by atoms with E-state index in [9.17, 15) is 5.11 Å². The second-order valence-corrected chi connectivity index (χ2v) is 7.38. The summed E-state index contributed by atoms with van der Waals surface area (Å²) in [5.74, 6) is 0. The molecule has 3 heteroatoms. The Morgan fingerprint density at radius 2 is 2.08 bits per heavy atom. The quantitative estimate of drug-likeness (QED) is 0.663. The maximum atomic E-state index is 9.71. The fourth-order valence-corrected chi connectivity index (χ4v) is 4.30. The van der Waals surface area contributed by atoms with E-state index in [2.05, 4.69) is 13.1 Å². The van der Waals surface area contributed by atoms with Crippen molar-refractivity contribution in [2.75, 3.05) is 6.61 Å². The van der Waals surface area contributed by atoms with Crippen molar-refractivity contribution in [3.8, 4) is 0 Å². The first kappa shape index (κ1) is 10.2. The van der Waals surface area contributed by atoms with Gasteiger partial charge in [0.1, 0.15) is 0 Å². The highest BCUT2D eigenvalue weighted by atomic mass is 28.3. The molecule has 0 spiro atoms. The molecule has 0 aromatic carbocycles. The predicted molar refractivity (Wildman–Crippen MR) is 53.1 cm³/mol. The summed E-state index contributed by atoms with van der Waals surface area (Å²) in [7, 11) is -0.918. The second kappa shape index (κ2) is 3.90. The highest BCUT2D eigenvalue weighted by Crippen LogP contribution is 2.30. The van der Waals surface area contributed by atoms with Crippen molar-refractivity contribution in [1.82, 2.24) is 0 Å². The number of ether oxygens (including phenoxy) is 1. The molecule has 1 aliphatic heterocycles. The first-order chi connectivity index (χ1) is 5.59. The van der Waals surface area contributed by atoms with E-state index < -0.39 is 8.80 Å². The smallest absolute Gasteiger partial charge is 0.0797 e. The van der Waals surface area contributed by atoms with Gasteiger partial charge >= 0.3 is 0 Å². The zero-order valence-electron chi connectivity index (χ0n) is 8.34. The molecular formula is C9H20O2Si. The van der Waals surface area contributed by atoms with E-state index >= 15 is 0 Å². The Morgan fingerprint density at radius 3 is 2.33 bits per heavy atom. The molecule has 1 heterocycles. The van der Waals surface area contributed by atoms with Gasteiger partial charge in [-0.3, -0.25) is 0 Å². The van der Waals surface area contributed by atoms with Crippen LogP contribution < -0.4 is 0 Å². The minimum atomic E-state index is -0.918. The minimum Gasteiger partial charge on any atom is -0.391 e. The van der Waals surface area contributed by atoms with Gasteiger partial charge in [-0.05, 0) is 26.2 Å². The SMILES string of the molecule is CC(O)C1([SiH](C)C)CCCCO1. The van der Waals surface area contributed by atoms with E-state index in [1.54, 1.807) is 0 Å². The standard InChI is InChI=1S/C9H20O2Si/c1-8(10)9(12(2)3)6-4-5-7-11-9/h8,10,12H,4-7H2,1-3H3. The monoisotopic (exact) mass is 188 g/mol. The highest BCUT2D eigenvalue weighted by Gasteiger charge is 2.41. The molecule has 2 unspecified atom stereocenters. The van der Waals surface area contributed by atoms with E-state index in [1.165, 1.54) is 6.42 Å². The van der Waals surface area contributed by atoms with Gasteiger partial charge in [0.25, 0.3) is 0 Å². The molecule has 0 aromatic heterocycles. The number of hydrogen-bond acceptors (Lipinski definition) is 2. The topological polar surface area (TPSA) is 29.5 Å². The third-order valence-corrected chi connectivity index (χ3v) is 5.91. The molecule has 2 nitrogen and oxygen atoms in total. The zero-order valence-corrected chi connectivity index (χ0v) is 9.49. The molecule has 0 aromatic rings. The lowest BCUT2D eigenvalue weighted by Gasteiger charge is -2.42. The molecule has 0 saturated carbocycles. The predicted octanol–water partition coefficient (Wildman–Crippen LogP) is 1.33. The van der Waals surface area contributed by atoms with Gasteiger partial charge in [-0.1, -0.05) is 13.1 Å². The maximum absolute atomic E-state index is 9.71. The zero-order chi connectivity index (χ0) is 9.19. The van der Waals surface area contributed by atoms with Gasteiger partial charge in [0, 0.05) is 6.61 Å². The van der Waals surface area contributed by atoms with Crippen molar-refractivity contribution in [1.29, 1.82) is 0 Å². The van der Waals surface area contributed by atoms with E-state index in [4.69, 9.17) is 4.74 Å². The summed E-state index contributed by atoms with van der Waals surface area (Å²) in [6.45, 7) is 7.24. The van der Waals surface area contributed by atoms with Crippen LogP contribution in [0.3, 0.4) is 0 Å². The Balaban J connectivity index is 2.70. The van der Waals surface area contributed by atoms with Crippen LogP contribution in [-0.2, 0) is 4.74 Å². The third kappa shape index (κ3) is 1.73. The molecule has 1 N–H and O–H groups in total. The van der Waals surface area contributed by atoms with Crippen LogP contribution in [0.5, 0.6) is 0 Å². The first-order valence-electron chi connectivity index (χ1n) is 4.91. The Kier molecular flexibility index (Phi) is 3.32. The molecule has 0 amide bonds. The van der Waals surface area contributed by atoms with Crippen molar-refractivity contribution in [2.45, 2.75) is 50.6 Å². The van der Waals surface area contributed by atoms with Gasteiger partial charge in [0.05, 0.1) is 20.1 Å². The number of rotatable bonds is 2. The van der Waals surface area contributed by atoms with Gasteiger partial charge in [-0.15, -0.1) is 0 Å². The normalized spacial score (nSPS) is 33.8. The number of aliphatic hydroxyl groups excluding tert-OH is 1.